The zero-order valence-electron chi connectivity index (χ0n) is 15.6. The smallest absolute Gasteiger partial charge is 0.248 e. The van der Waals surface area contributed by atoms with E-state index in [0.29, 0.717) is 22.5 Å². The quantitative estimate of drug-likeness (QED) is 0.645. The number of hydrogen-bond acceptors (Lipinski definition) is 5. The average molecular weight is 366 g/mol. The molecule has 27 heavy (non-hydrogen) atoms. The minimum Gasteiger partial charge on any atom is -0.366 e. The van der Waals surface area contributed by atoms with Crippen molar-refractivity contribution < 1.29 is 9.59 Å². The van der Waals surface area contributed by atoms with Crippen LogP contribution in [0, 0.1) is 13.8 Å². The van der Waals surface area contributed by atoms with Crippen LogP contribution in [0.5, 0.6) is 0 Å². The van der Waals surface area contributed by atoms with Gasteiger partial charge in [0.25, 0.3) is 0 Å². The van der Waals surface area contributed by atoms with Gasteiger partial charge in [0, 0.05) is 34.6 Å². The number of nitrogens with zero attached hydrogens (tertiary/aromatic N) is 5. The number of carbonyl (C=O) groups is 2. The maximum absolute atomic E-state index is 12.7. The predicted molar refractivity (Wildman–Crippen MR) is 100 cm³/mol. The van der Waals surface area contributed by atoms with Crippen molar-refractivity contribution in [3.8, 4) is 11.4 Å². The van der Waals surface area contributed by atoms with Gasteiger partial charge < -0.3 is 10.3 Å². The molecule has 0 spiro atoms. The summed E-state index contributed by atoms with van der Waals surface area (Å²) >= 11 is 0. The van der Waals surface area contributed by atoms with Crippen LogP contribution in [-0.4, -0.2) is 36.5 Å². The van der Waals surface area contributed by atoms with E-state index in [1.165, 1.54) is 4.80 Å². The van der Waals surface area contributed by atoms with Crippen molar-refractivity contribution in [2.75, 3.05) is 0 Å². The van der Waals surface area contributed by atoms with E-state index < -0.39 is 5.91 Å². The molecule has 0 unspecified atom stereocenters. The first kappa shape index (κ1) is 18.5. The fourth-order valence-corrected chi connectivity index (χ4v) is 3.07. The average Bonchev–Trinajstić information content (AvgIpc) is 3.22. The Labute approximate surface area is 157 Å². The fraction of sp³-hybridized carbons (Fsp3) is 0.316. The lowest BCUT2D eigenvalue weighted by atomic mass is 10.1. The van der Waals surface area contributed by atoms with Gasteiger partial charge in [-0.2, -0.15) is 4.80 Å². The van der Waals surface area contributed by atoms with Crippen molar-refractivity contribution in [3.05, 3.63) is 52.8 Å². The number of rotatable bonds is 7. The van der Waals surface area contributed by atoms with Crippen molar-refractivity contribution in [1.82, 2.24) is 24.8 Å². The molecule has 2 heterocycles. The van der Waals surface area contributed by atoms with Gasteiger partial charge >= 0.3 is 0 Å². The van der Waals surface area contributed by atoms with E-state index in [1.54, 1.807) is 24.3 Å². The molecule has 0 fully saturated rings. The van der Waals surface area contributed by atoms with Gasteiger partial charge in [-0.3, -0.25) is 9.59 Å². The van der Waals surface area contributed by atoms with Crippen LogP contribution in [0.2, 0.25) is 0 Å². The molecular formula is C19H22N6O2. The Morgan fingerprint density at radius 1 is 1.15 bits per heavy atom. The second kappa shape index (κ2) is 7.53. The Hall–Kier alpha value is -3.29. The third-order valence-electron chi connectivity index (χ3n) is 4.49. The SMILES string of the molecule is CCCn1c(C)cc(C(=O)Cn2nnc(-c3ccc(C(N)=O)cc3)n2)c1C. The first-order chi connectivity index (χ1) is 12.9. The third-order valence-corrected chi connectivity index (χ3v) is 4.49. The Morgan fingerprint density at radius 2 is 1.85 bits per heavy atom. The fourth-order valence-electron chi connectivity index (χ4n) is 3.07. The molecule has 0 saturated heterocycles. The predicted octanol–water partition coefficient (Wildman–Crippen LogP) is 2.15. The van der Waals surface area contributed by atoms with Crippen molar-refractivity contribution in [3.63, 3.8) is 0 Å². The van der Waals surface area contributed by atoms with Crippen molar-refractivity contribution in [1.29, 1.82) is 0 Å². The van der Waals surface area contributed by atoms with Gasteiger partial charge in [-0.25, -0.2) is 0 Å². The van der Waals surface area contributed by atoms with Crippen LogP contribution in [0.3, 0.4) is 0 Å². The number of amides is 1. The van der Waals surface area contributed by atoms with Gasteiger partial charge in [-0.1, -0.05) is 19.1 Å². The summed E-state index contributed by atoms with van der Waals surface area (Å²) in [5.41, 5.74) is 9.05. The number of hydrogen-bond donors (Lipinski definition) is 1. The van der Waals surface area contributed by atoms with E-state index in [-0.39, 0.29) is 12.3 Å². The summed E-state index contributed by atoms with van der Waals surface area (Å²) in [4.78, 5) is 25.1. The molecule has 3 rings (SSSR count). The van der Waals surface area contributed by atoms with Crippen LogP contribution in [0.4, 0.5) is 0 Å². The molecule has 1 amide bonds. The highest BCUT2D eigenvalue weighted by Gasteiger charge is 2.17. The lowest BCUT2D eigenvalue weighted by molar-refractivity contribution is 0.0959. The van der Waals surface area contributed by atoms with Gasteiger partial charge in [0.2, 0.25) is 11.7 Å². The summed E-state index contributed by atoms with van der Waals surface area (Å²) in [5.74, 6) is -0.168. The van der Waals surface area contributed by atoms with Crippen LogP contribution in [0.15, 0.2) is 30.3 Å². The molecule has 0 bridgehead atoms. The Kier molecular flexibility index (Phi) is 5.16. The summed E-state index contributed by atoms with van der Waals surface area (Å²) in [5, 5.41) is 12.2. The Morgan fingerprint density at radius 3 is 2.48 bits per heavy atom. The maximum Gasteiger partial charge on any atom is 0.248 e. The number of Topliss-reactive ketones (excluding diaryl/α,β-unsaturated/α-hetero) is 1. The molecule has 0 aliphatic carbocycles. The molecule has 140 valence electrons. The van der Waals surface area contributed by atoms with Crippen LogP contribution < -0.4 is 5.73 Å². The standard InChI is InChI=1S/C19H22N6O2/c1-4-9-24-12(2)10-16(13(24)3)17(26)11-25-22-19(21-23-25)15-7-5-14(6-8-15)18(20)27/h5-8,10H,4,9,11H2,1-3H3,(H2,20,27). The summed E-state index contributed by atoms with van der Waals surface area (Å²) in [6, 6.07) is 8.51. The Balaban J connectivity index is 1.77. The molecule has 8 heteroatoms. The van der Waals surface area contributed by atoms with Gasteiger partial charge in [0.1, 0.15) is 6.54 Å². The molecular weight excluding hydrogens is 344 g/mol. The summed E-state index contributed by atoms with van der Waals surface area (Å²) in [6.07, 6.45) is 1.01. The number of ketones is 1. The minimum atomic E-state index is -0.496. The minimum absolute atomic E-state index is 0.0167. The van der Waals surface area contributed by atoms with E-state index in [4.69, 9.17) is 5.73 Å². The van der Waals surface area contributed by atoms with Crippen LogP contribution >= 0.6 is 0 Å². The second-order valence-electron chi connectivity index (χ2n) is 6.44. The molecule has 0 aliphatic rings. The van der Waals surface area contributed by atoms with Gasteiger partial charge in [0.05, 0.1) is 0 Å². The van der Waals surface area contributed by atoms with E-state index >= 15 is 0 Å². The zero-order chi connectivity index (χ0) is 19.6. The van der Waals surface area contributed by atoms with Gasteiger partial charge in [0.15, 0.2) is 5.78 Å². The van der Waals surface area contributed by atoms with Gasteiger partial charge in [-0.15, -0.1) is 10.2 Å². The molecule has 0 radical (unpaired) electrons. The molecule has 0 atom stereocenters. The van der Waals surface area contributed by atoms with Gasteiger partial charge in [-0.05, 0) is 43.7 Å². The highest BCUT2D eigenvalue weighted by molar-refractivity contribution is 5.97. The molecule has 1 aromatic carbocycles. The highest BCUT2D eigenvalue weighted by Crippen LogP contribution is 2.18. The highest BCUT2D eigenvalue weighted by atomic mass is 16.1. The number of nitrogens with two attached hydrogens (primary N) is 1. The van der Waals surface area contributed by atoms with Crippen molar-refractivity contribution in [2.45, 2.75) is 40.3 Å². The molecule has 0 saturated carbocycles. The molecule has 2 aromatic heterocycles. The molecule has 0 aliphatic heterocycles. The van der Waals surface area contributed by atoms with E-state index in [9.17, 15) is 9.59 Å². The zero-order valence-corrected chi connectivity index (χ0v) is 15.6. The number of carbonyl (C=O) groups excluding carboxylic acids is 2. The normalized spacial score (nSPS) is 10.9. The number of primary amides is 1. The molecule has 3 aromatic rings. The largest absolute Gasteiger partial charge is 0.366 e. The molecule has 8 nitrogen and oxygen atoms in total. The first-order valence-electron chi connectivity index (χ1n) is 8.78. The lowest BCUT2D eigenvalue weighted by Gasteiger charge is -2.07. The lowest BCUT2D eigenvalue weighted by Crippen LogP contribution is -2.14. The topological polar surface area (TPSA) is 109 Å². The molecule has 2 N–H and O–H groups in total. The number of benzene rings is 1. The summed E-state index contributed by atoms with van der Waals surface area (Å²) in [7, 11) is 0. The maximum atomic E-state index is 12.7. The first-order valence-corrected chi connectivity index (χ1v) is 8.78. The number of aryl methyl sites for hydroxylation is 1. The Bertz CT molecular complexity index is 984. The number of tetrazole rings is 1. The van der Waals surface area contributed by atoms with Crippen LogP contribution in [-0.2, 0) is 13.1 Å². The van der Waals surface area contributed by atoms with Crippen LogP contribution in [0.1, 0.15) is 45.4 Å². The van der Waals surface area contributed by atoms with Crippen molar-refractivity contribution >= 4 is 11.7 Å². The summed E-state index contributed by atoms with van der Waals surface area (Å²) in [6.45, 7) is 6.97. The second-order valence-corrected chi connectivity index (χ2v) is 6.44. The van der Waals surface area contributed by atoms with Crippen molar-refractivity contribution in [2.24, 2.45) is 5.73 Å². The van der Waals surface area contributed by atoms with E-state index in [2.05, 4.69) is 26.9 Å². The van der Waals surface area contributed by atoms with Crippen LogP contribution in [0.25, 0.3) is 11.4 Å². The van der Waals surface area contributed by atoms with E-state index in [1.807, 2.05) is 19.9 Å². The summed E-state index contributed by atoms with van der Waals surface area (Å²) < 4.78 is 2.15. The number of aromatic nitrogens is 5. The van der Waals surface area contributed by atoms with E-state index in [0.717, 1.165) is 24.4 Å². The third kappa shape index (κ3) is 3.79. The monoisotopic (exact) mass is 366 g/mol.